The summed E-state index contributed by atoms with van der Waals surface area (Å²) in [6.45, 7) is 3.14. The molecule has 1 heterocycles. The van der Waals surface area contributed by atoms with Crippen LogP contribution in [0.15, 0.2) is 24.3 Å². The van der Waals surface area contributed by atoms with E-state index < -0.39 is 11.4 Å². The molecule has 1 saturated heterocycles. The largest absolute Gasteiger partial charge is 0.481 e. The third kappa shape index (κ3) is 2.50. The highest BCUT2D eigenvalue weighted by Gasteiger charge is 2.40. The van der Waals surface area contributed by atoms with Crippen LogP contribution in [-0.2, 0) is 16.0 Å². The van der Waals surface area contributed by atoms with Gasteiger partial charge in [-0.25, -0.2) is 0 Å². The normalized spacial score (nSPS) is 18.9. The van der Waals surface area contributed by atoms with E-state index in [0.717, 1.165) is 5.56 Å². The summed E-state index contributed by atoms with van der Waals surface area (Å²) >= 11 is 0. The van der Waals surface area contributed by atoms with E-state index in [1.54, 1.807) is 0 Å². The van der Waals surface area contributed by atoms with E-state index in [2.05, 4.69) is 0 Å². The van der Waals surface area contributed by atoms with Crippen molar-refractivity contribution in [2.75, 3.05) is 13.2 Å². The number of benzene rings is 1. The summed E-state index contributed by atoms with van der Waals surface area (Å²) in [7, 11) is 0. The topological polar surface area (TPSA) is 46.5 Å². The Labute approximate surface area is 101 Å². The Kier molecular flexibility index (Phi) is 3.48. The lowest BCUT2D eigenvalue weighted by Gasteiger charge is -2.33. The summed E-state index contributed by atoms with van der Waals surface area (Å²) in [6.07, 6.45) is 1.83. The maximum atomic E-state index is 11.5. The van der Waals surface area contributed by atoms with Gasteiger partial charge in [-0.15, -0.1) is 0 Å². The predicted octanol–water partition coefficient (Wildman–Crippen LogP) is 2.42. The van der Waals surface area contributed by atoms with Crippen molar-refractivity contribution in [2.45, 2.75) is 26.2 Å². The molecule has 17 heavy (non-hydrogen) atoms. The van der Waals surface area contributed by atoms with Crippen LogP contribution in [0.3, 0.4) is 0 Å². The zero-order valence-electron chi connectivity index (χ0n) is 10.1. The number of aryl methyl sites for hydroxylation is 1. The van der Waals surface area contributed by atoms with Gasteiger partial charge in [0.2, 0.25) is 0 Å². The quantitative estimate of drug-likeness (QED) is 0.873. The van der Waals surface area contributed by atoms with Crippen molar-refractivity contribution in [1.82, 2.24) is 0 Å². The highest BCUT2D eigenvalue weighted by atomic mass is 16.5. The maximum absolute atomic E-state index is 11.5. The molecule has 0 aliphatic carbocycles. The fourth-order valence-corrected chi connectivity index (χ4v) is 2.40. The van der Waals surface area contributed by atoms with Crippen molar-refractivity contribution < 1.29 is 14.6 Å². The van der Waals surface area contributed by atoms with E-state index in [4.69, 9.17) is 4.74 Å². The minimum Gasteiger partial charge on any atom is -0.481 e. The molecule has 1 aromatic carbocycles. The first-order chi connectivity index (χ1) is 8.14. The first-order valence-electron chi connectivity index (χ1n) is 6.00. The van der Waals surface area contributed by atoms with E-state index in [9.17, 15) is 9.90 Å². The van der Waals surface area contributed by atoms with Crippen molar-refractivity contribution in [2.24, 2.45) is 5.41 Å². The number of hydrogen-bond acceptors (Lipinski definition) is 2. The molecular formula is C14H18O3. The van der Waals surface area contributed by atoms with E-state index >= 15 is 0 Å². The number of aliphatic carboxylic acids is 1. The van der Waals surface area contributed by atoms with Gasteiger partial charge in [-0.1, -0.05) is 24.3 Å². The molecule has 3 nitrogen and oxygen atoms in total. The first kappa shape index (κ1) is 12.1. The van der Waals surface area contributed by atoms with Crippen LogP contribution >= 0.6 is 0 Å². The van der Waals surface area contributed by atoms with Crippen LogP contribution in [-0.4, -0.2) is 24.3 Å². The molecule has 2 rings (SSSR count). The van der Waals surface area contributed by atoms with Crippen molar-refractivity contribution in [3.63, 3.8) is 0 Å². The zero-order chi connectivity index (χ0) is 12.3. The lowest BCUT2D eigenvalue weighted by molar-refractivity contribution is -0.154. The molecule has 1 fully saturated rings. The third-order valence-electron chi connectivity index (χ3n) is 3.69. The Morgan fingerprint density at radius 2 is 2.00 bits per heavy atom. The molecule has 3 heteroatoms. The van der Waals surface area contributed by atoms with E-state index in [1.165, 1.54) is 5.56 Å². The summed E-state index contributed by atoms with van der Waals surface area (Å²) in [5.41, 5.74) is 1.67. The highest BCUT2D eigenvalue weighted by molar-refractivity contribution is 5.75. The monoisotopic (exact) mass is 234 g/mol. The van der Waals surface area contributed by atoms with Gasteiger partial charge in [-0.2, -0.15) is 0 Å². The van der Waals surface area contributed by atoms with Crippen molar-refractivity contribution in [3.8, 4) is 0 Å². The Balaban J connectivity index is 2.24. The zero-order valence-corrected chi connectivity index (χ0v) is 10.1. The van der Waals surface area contributed by atoms with Gasteiger partial charge < -0.3 is 9.84 Å². The van der Waals surface area contributed by atoms with Crippen molar-refractivity contribution in [3.05, 3.63) is 35.4 Å². The summed E-state index contributed by atoms with van der Waals surface area (Å²) in [6, 6.07) is 8.01. The van der Waals surface area contributed by atoms with Crippen LogP contribution in [0.4, 0.5) is 0 Å². The van der Waals surface area contributed by atoms with Gasteiger partial charge in [0.15, 0.2) is 0 Å². The number of carboxylic acid groups (broad SMARTS) is 1. The van der Waals surface area contributed by atoms with Gasteiger partial charge in [0.25, 0.3) is 0 Å². The number of rotatable bonds is 3. The Morgan fingerprint density at radius 1 is 1.35 bits per heavy atom. The molecule has 1 N–H and O–H groups in total. The summed E-state index contributed by atoms with van der Waals surface area (Å²) in [4.78, 5) is 11.5. The smallest absolute Gasteiger partial charge is 0.310 e. The molecule has 1 aliphatic heterocycles. The molecule has 0 bridgehead atoms. The Bertz CT molecular complexity index is 406. The summed E-state index contributed by atoms with van der Waals surface area (Å²) in [5, 5.41) is 9.49. The molecule has 0 unspecified atom stereocenters. The van der Waals surface area contributed by atoms with Crippen LogP contribution in [0.2, 0.25) is 0 Å². The van der Waals surface area contributed by atoms with Crippen molar-refractivity contribution in [1.29, 1.82) is 0 Å². The molecule has 0 amide bonds. The lowest BCUT2D eigenvalue weighted by Crippen LogP contribution is -2.39. The van der Waals surface area contributed by atoms with Gasteiger partial charge in [0.05, 0.1) is 5.41 Å². The number of carbonyl (C=O) groups is 1. The molecule has 92 valence electrons. The molecule has 0 saturated carbocycles. The van der Waals surface area contributed by atoms with E-state index in [-0.39, 0.29) is 0 Å². The predicted molar refractivity (Wildman–Crippen MR) is 65.0 cm³/mol. The lowest BCUT2D eigenvalue weighted by atomic mass is 9.74. The first-order valence-corrected chi connectivity index (χ1v) is 6.00. The molecule has 0 radical (unpaired) electrons. The second-order valence-corrected chi connectivity index (χ2v) is 4.80. The minimum atomic E-state index is -0.691. The van der Waals surface area contributed by atoms with Crippen LogP contribution in [0, 0.1) is 12.3 Å². The number of hydrogen-bond donors (Lipinski definition) is 1. The highest BCUT2D eigenvalue weighted by Crippen LogP contribution is 2.35. The van der Waals surface area contributed by atoms with Gasteiger partial charge >= 0.3 is 5.97 Å². The van der Waals surface area contributed by atoms with Crippen LogP contribution in [0.25, 0.3) is 0 Å². The number of ether oxygens (including phenoxy) is 1. The van der Waals surface area contributed by atoms with Gasteiger partial charge in [0, 0.05) is 13.2 Å². The maximum Gasteiger partial charge on any atom is 0.310 e. The molecule has 0 atom stereocenters. The third-order valence-corrected chi connectivity index (χ3v) is 3.69. The number of carboxylic acids is 1. The summed E-state index contributed by atoms with van der Waals surface area (Å²) < 4.78 is 5.28. The van der Waals surface area contributed by atoms with Crippen LogP contribution < -0.4 is 0 Å². The Hall–Kier alpha value is -1.35. The fourth-order valence-electron chi connectivity index (χ4n) is 2.40. The second-order valence-electron chi connectivity index (χ2n) is 4.80. The molecule has 0 spiro atoms. The van der Waals surface area contributed by atoms with Gasteiger partial charge in [0.1, 0.15) is 0 Å². The second kappa shape index (κ2) is 4.88. The van der Waals surface area contributed by atoms with Crippen molar-refractivity contribution >= 4 is 5.97 Å². The Morgan fingerprint density at radius 3 is 2.59 bits per heavy atom. The SMILES string of the molecule is Cc1ccccc1CC1(C(=O)O)CCOCC1. The van der Waals surface area contributed by atoms with Gasteiger partial charge in [-0.05, 0) is 37.3 Å². The average Bonchev–Trinajstić information content (AvgIpc) is 2.33. The molecular weight excluding hydrogens is 216 g/mol. The summed E-state index contributed by atoms with van der Waals surface area (Å²) in [5.74, 6) is -0.691. The van der Waals surface area contributed by atoms with E-state index in [0.29, 0.717) is 32.5 Å². The van der Waals surface area contributed by atoms with Gasteiger partial charge in [-0.3, -0.25) is 4.79 Å². The molecule has 1 aliphatic rings. The van der Waals surface area contributed by atoms with Crippen LogP contribution in [0.5, 0.6) is 0 Å². The van der Waals surface area contributed by atoms with E-state index in [1.807, 2.05) is 31.2 Å². The molecule has 0 aromatic heterocycles. The fraction of sp³-hybridized carbons (Fsp3) is 0.500. The minimum absolute atomic E-state index is 0.554. The average molecular weight is 234 g/mol. The molecule has 1 aromatic rings. The van der Waals surface area contributed by atoms with Crippen LogP contribution in [0.1, 0.15) is 24.0 Å². The standard InChI is InChI=1S/C14H18O3/c1-11-4-2-3-5-12(11)10-14(13(15)16)6-8-17-9-7-14/h2-5H,6-10H2,1H3,(H,15,16).